The predicted octanol–water partition coefficient (Wildman–Crippen LogP) is -1.65. The van der Waals surface area contributed by atoms with Crippen LogP contribution in [0, 0.1) is 5.82 Å². The van der Waals surface area contributed by atoms with Crippen molar-refractivity contribution in [3.63, 3.8) is 0 Å². The van der Waals surface area contributed by atoms with Gasteiger partial charge < -0.3 is 4.55 Å². The van der Waals surface area contributed by atoms with Crippen molar-refractivity contribution in [3.8, 4) is 0 Å². The van der Waals surface area contributed by atoms with Gasteiger partial charge in [0.1, 0.15) is 15.9 Å². The van der Waals surface area contributed by atoms with E-state index in [2.05, 4.69) is 0 Å². The third-order valence-electron chi connectivity index (χ3n) is 1.30. The molecule has 3 nitrogen and oxygen atoms in total. The Bertz CT molecular complexity index is 411. The van der Waals surface area contributed by atoms with Crippen LogP contribution in [0.4, 0.5) is 4.39 Å². The van der Waals surface area contributed by atoms with Crippen LogP contribution in [0.3, 0.4) is 0 Å². The van der Waals surface area contributed by atoms with E-state index in [-0.39, 0.29) is 51.4 Å². The fourth-order valence-electron chi connectivity index (χ4n) is 0.736. The van der Waals surface area contributed by atoms with Crippen molar-refractivity contribution in [2.75, 3.05) is 0 Å². The second-order valence-electron chi connectivity index (χ2n) is 2.35. The first-order valence-electron chi connectivity index (χ1n) is 3.37. The van der Waals surface area contributed by atoms with Gasteiger partial charge in [0.25, 0.3) is 0 Å². The van der Waals surface area contributed by atoms with Crippen molar-refractivity contribution in [1.82, 2.24) is 0 Å². The van der Waals surface area contributed by atoms with Crippen LogP contribution in [0.15, 0.2) is 29.7 Å². The SMILES string of the molecule is O=S(=O)([O-])/C=C/c1ccc(F)cc1.[K+]. The molecule has 0 aliphatic rings. The molecule has 0 N–H and O–H groups in total. The molecule has 0 radical (unpaired) electrons. The second kappa shape index (κ2) is 6.11. The van der Waals surface area contributed by atoms with Gasteiger partial charge in [0.2, 0.25) is 0 Å². The number of hydrogen-bond acceptors (Lipinski definition) is 3. The molecule has 0 spiro atoms. The van der Waals surface area contributed by atoms with Crippen molar-refractivity contribution in [2.24, 2.45) is 0 Å². The van der Waals surface area contributed by atoms with Gasteiger partial charge in [-0.25, -0.2) is 12.8 Å². The van der Waals surface area contributed by atoms with Gasteiger partial charge in [-0.2, -0.15) is 0 Å². The van der Waals surface area contributed by atoms with Crippen molar-refractivity contribution in [3.05, 3.63) is 41.1 Å². The molecular formula is C8H6FKO3S. The van der Waals surface area contributed by atoms with Crippen molar-refractivity contribution in [1.29, 1.82) is 0 Å². The van der Waals surface area contributed by atoms with E-state index in [1.54, 1.807) is 0 Å². The normalized spacial score (nSPS) is 11.3. The summed E-state index contributed by atoms with van der Waals surface area (Å²) in [6.45, 7) is 0. The molecule has 70 valence electrons. The van der Waals surface area contributed by atoms with Gasteiger partial charge in [-0.15, -0.1) is 0 Å². The summed E-state index contributed by atoms with van der Waals surface area (Å²) in [5.74, 6) is -0.415. The molecule has 0 heterocycles. The minimum atomic E-state index is -4.36. The first kappa shape index (κ1) is 14.4. The summed E-state index contributed by atoms with van der Waals surface area (Å²) in [6, 6.07) is 5.10. The summed E-state index contributed by atoms with van der Waals surface area (Å²) in [7, 11) is -4.36. The molecule has 0 aliphatic carbocycles. The first-order valence-corrected chi connectivity index (χ1v) is 4.84. The smallest absolute Gasteiger partial charge is 0.744 e. The molecule has 0 atom stereocenters. The minimum Gasteiger partial charge on any atom is -0.744 e. The molecule has 6 heteroatoms. The van der Waals surface area contributed by atoms with Crippen molar-refractivity contribution in [2.45, 2.75) is 0 Å². The molecule has 0 fully saturated rings. The van der Waals surface area contributed by atoms with Gasteiger partial charge >= 0.3 is 51.4 Å². The maximum Gasteiger partial charge on any atom is 1.00 e. The number of halogens is 1. The van der Waals surface area contributed by atoms with Crippen molar-refractivity contribution >= 4 is 16.2 Å². The van der Waals surface area contributed by atoms with E-state index < -0.39 is 15.9 Å². The van der Waals surface area contributed by atoms with Gasteiger partial charge in [-0.3, -0.25) is 0 Å². The van der Waals surface area contributed by atoms with Crippen LogP contribution in [-0.4, -0.2) is 13.0 Å². The summed E-state index contributed by atoms with van der Waals surface area (Å²) in [5, 5.41) is 0.528. The van der Waals surface area contributed by atoms with Gasteiger partial charge in [-0.1, -0.05) is 12.1 Å². The Kier molecular flexibility index (Phi) is 6.30. The fraction of sp³-hybridized carbons (Fsp3) is 0. The van der Waals surface area contributed by atoms with E-state index in [0.717, 1.165) is 6.08 Å². The van der Waals surface area contributed by atoms with Gasteiger partial charge in [0.15, 0.2) is 0 Å². The van der Waals surface area contributed by atoms with Crippen LogP contribution in [-0.2, 0) is 10.1 Å². The Balaban J connectivity index is 0.00000169. The Morgan fingerprint density at radius 2 is 1.71 bits per heavy atom. The molecule has 1 aromatic carbocycles. The molecule has 0 saturated carbocycles. The van der Waals surface area contributed by atoms with Gasteiger partial charge in [0, 0.05) is 5.41 Å². The van der Waals surface area contributed by atoms with E-state index >= 15 is 0 Å². The predicted molar refractivity (Wildman–Crippen MR) is 45.1 cm³/mol. The summed E-state index contributed by atoms with van der Waals surface area (Å²) in [4.78, 5) is 0. The van der Waals surface area contributed by atoms with Gasteiger partial charge in [0.05, 0.1) is 0 Å². The molecule has 0 unspecified atom stereocenters. The van der Waals surface area contributed by atoms with E-state index in [9.17, 15) is 17.4 Å². The molecule has 0 aliphatic heterocycles. The monoisotopic (exact) mass is 240 g/mol. The molecule has 0 aromatic heterocycles. The van der Waals surface area contributed by atoms with E-state index in [1.807, 2.05) is 0 Å². The average molecular weight is 240 g/mol. The van der Waals surface area contributed by atoms with Crippen LogP contribution in [0.1, 0.15) is 5.56 Å². The van der Waals surface area contributed by atoms with Crippen LogP contribution < -0.4 is 51.4 Å². The molecule has 14 heavy (non-hydrogen) atoms. The summed E-state index contributed by atoms with van der Waals surface area (Å²) in [6.07, 6.45) is 1.11. The largest absolute Gasteiger partial charge is 1.00 e. The van der Waals surface area contributed by atoms with Crippen LogP contribution in [0.5, 0.6) is 0 Å². The fourth-order valence-corrected chi connectivity index (χ4v) is 1.06. The topological polar surface area (TPSA) is 57.2 Å². The molecule has 0 amide bonds. The van der Waals surface area contributed by atoms with Crippen LogP contribution in [0.2, 0.25) is 0 Å². The maximum absolute atomic E-state index is 12.4. The van der Waals surface area contributed by atoms with E-state index in [0.29, 0.717) is 11.0 Å². The van der Waals surface area contributed by atoms with E-state index in [1.165, 1.54) is 24.3 Å². The van der Waals surface area contributed by atoms with Gasteiger partial charge in [-0.05, 0) is 23.8 Å². The zero-order valence-corrected chi connectivity index (χ0v) is 11.4. The Morgan fingerprint density at radius 1 is 1.21 bits per heavy atom. The zero-order valence-electron chi connectivity index (χ0n) is 7.48. The van der Waals surface area contributed by atoms with E-state index in [4.69, 9.17) is 0 Å². The Morgan fingerprint density at radius 3 is 2.14 bits per heavy atom. The van der Waals surface area contributed by atoms with Crippen LogP contribution >= 0.6 is 0 Å². The average Bonchev–Trinajstić information content (AvgIpc) is 2.02. The summed E-state index contributed by atoms with van der Waals surface area (Å²) >= 11 is 0. The second-order valence-corrected chi connectivity index (χ2v) is 3.60. The quantitative estimate of drug-likeness (QED) is 0.459. The minimum absolute atomic E-state index is 0. The standard InChI is InChI=1S/C8H7FO3S.K/c9-8-3-1-7(2-4-8)5-6-13(10,11)12;/h1-6H,(H,10,11,12);/q;+1/p-1/b6-5+;. The summed E-state index contributed by atoms with van der Waals surface area (Å²) < 4.78 is 42.8. The van der Waals surface area contributed by atoms with Crippen molar-refractivity contribution < 1.29 is 68.7 Å². The first-order chi connectivity index (χ1) is 5.97. The molecular weight excluding hydrogens is 234 g/mol. The molecule has 1 rings (SSSR count). The molecule has 1 aromatic rings. The number of rotatable bonds is 2. The Labute approximate surface area is 124 Å². The zero-order chi connectivity index (χ0) is 9.90. The maximum atomic E-state index is 12.4. The molecule has 0 bridgehead atoms. The number of hydrogen-bond donors (Lipinski definition) is 0. The van der Waals surface area contributed by atoms with Crippen LogP contribution in [0.25, 0.3) is 6.08 Å². The number of benzene rings is 1. The third kappa shape index (κ3) is 6.02. The molecule has 0 saturated heterocycles. The summed E-state index contributed by atoms with van der Waals surface area (Å²) in [5.41, 5.74) is 0.459. The Hall–Kier alpha value is 0.436. The third-order valence-corrected chi connectivity index (χ3v) is 1.77.